The minimum absolute atomic E-state index is 0.0218. The van der Waals surface area contributed by atoms with Gasteiger partial charge in [-0.2, -0.15) is 0 Å². The Balaban J connectivity index is 2.08. The van der Waals surface area contributed by atoms with Crippen molar-refractivity contribution in [3.05, 3.63) is 35.7 Å². The van der Waals surface area contributed by atoms with Crippen LogP contribution in [0.4, 0.5) is 5.69 Å². The number of para-hydroxylation sites is 1. The lowest BCUT2D eigenvalue weighted by atomic mass is 9.97. The van der Waals surface area contributed by atoms with E-state index >= 15 is 0 Å². The molecule has 2 rings (SSSR count). The molecule has 1 aromatic carbocycles. The zero-order chi connectivity index (χ0) is 17.0. The molecule has 0 saturated carbocycles. The second kappa shape index (κ2) is 7.64. The molecule has 2 atom stereocenters. The highest BCUT2D eigenvalue weighted by molar-refractivity contribution is 8.00. The van der Waals surface area contributed by atoms with Crippen LogP contribution in [-0.4, -0.2) is 25.9 Å². The lowest BCUT2D eigenvalue weighted by Gasteiger charge is -2.17. The molecule has 2 aromatic rings. The van der Waals surface area contributed by atoms with Crippen LogP contribution in [0, 0.1) is 6.92 Å². The number of carbonyl (C=O) groups excluding carboxylic acids is 1. The number of hydrogen-bond acceptors (Lipinski definition) is 4. The minimum Gasteiger partial charge on any atom is -0.325 e. The summed E-state index contributed by atoms with van der Waals surface area (Å²) in [5.74, 6) is 1.23. The van der Waals surface area contributed by atoms with Crippen LogP contribution < -0.4 is 5.32 Å². The molecule has 1 aromatic heterocycles. The number of carbonyl (C=O) groups is 1. The molecule has 6 heteroatoms. The Kier molecular flexibility index (Phi) is 5.82. The summed E-state index contributed by atoms with van der Waals surface area (Å²) >= 11 is 1.42. The molecule has 1 N–H and O–H groups in total. The SMILES string of the molecule is CC[C@H](C)c1ccccc1NC(=O)[C@H](C)Sc1nnc(C)n1C. The summed E-state index contributed by atoms with van der Waals surface area (Å²) in [6.45, 7) is 8.10. The van der Waals surface area contributed by atoms with Gasteiger partial charge in [0.05, 0.1) is 5.25 Å². The maximum absolute atomic E-state index is 12.5. The van der Waals surface area contributed by atoms with Crippen LogP contribution in [0.1, 0.15) is 44.5 Å². The molecule has 0 aliphatic carbocycles. The number of aromatic nitrogens is 3. The number of rotatable bonds is 6. The van der Waals surface area contributed by atoms with Crippen molar-refractivity contribution in [2.24, 2.45) is 7.05 Å². The first kappa shape index (κ1) is 17.5. The zero-order valence-corrected chi connectivity index (χ0v) is 15.1. The van der Waals surface area contributed by atoms with Crippen molar-refractivity contribution < 1.29 is 4.79 Å². The highest BCUT2D eigenvalue weighted by atomic mass is 32.2. The third-order valence-corrected chi connectivity index (χ3v) is 5.20. The molecular weight excluding hydrogens is 308 g/mol. The Labute approximate surface area is 141 Å². The van der Waals surface area contributed by atoms with E-state index in [1.807, 2.05) is 43.7 Å². The topological polar surface area (TPSA) is 59.8 Å². The van der Waals surface area contributed by atoms with Gasteiger partial charge in [0, 0.05) is 12.7 Å². The van der Waals surface area contributed by atoms with E-state index in [1.54, 1.807) is 0 Å². The third-order valence-electron chi connectivity index (χ3n) is 4.07. The number of aryl methyl sites for hydroxylation is 1. The zero-order valence-electron chi connectivity index (χ0n) is 14.3. The standard InChI is InChI=1S/C17H24N4OS/c1-6-11(2)14-9-7-8-10-15(14)18-16(22)12(3)23-17-20-19-13(4)21(17)5/h7-12H,6H2,1-5H3,(H,18,22)/t11-,12-/m0/s1. The maximum Gasteiger partial charge on any atom is 0.237 e. The number of benzene rings is 1. The van der Waals surface area contributed by atoms with Crippen LogP contribution in [0.3, 0.4) is 0 Å². The molecule has 5 nitrogen and oxygen atoms in total. The van der Waals surface area contributed by atoms with Gasteiger partial charge < -0.3 is 9.88 Å². The van der Waals surface area contributed by atoms with E-state index in [0.29, 0.717) is 5.92 Å². The lowest BCUT2D eigenvalue weighted by molar-refractivity contribution is -0.115. The summed E-state index contributed by atoms with van der Waals surface area (Å²) in [6.07, 6.45) is 1.04. The first-order valence-electron chi connectivity index (χ1n) is 7.86. The molecule has 0 aliphatic rings. The van der Waals surface area contributed by atoms with Crippen LogP contribution in [0.15, 0.2) is 29.4 Å². The van der Waals surface area contributed by atoms with Gasteiger partial charge in [-0.15, -0.1) is 10.2 Å². The van der Waals surface area contributed by atoms with Crippen molar-refractivity contribution in [3.8, 4) is 0 Å². The molecule has 0 fully saturated rings. The quantitative estimate of drug-likeness (QED) is 0.818. The third kappa shape index (κ3) is 4.13. The summed E-state index contributed by atoms with van der Waals surface area (Å²) in [7, 11) is 1.90. The van der Waals surface area contributed by atoms with E-state index < -0.39 is 0 Å². The van der Waals surface area contributed by atoms with Crippen LogP contribution in [0.2, 0.25) is 0 Å². The number of amides is 1. The molecule has 0 saturated heterocycles. The summed E-state index contributed by atoms with van der Waals surface area (Å²) < 4.78 is 1.89. The van der Waals surface area contributed by atoms with Crippen molar-refractivity contribution >= 4 is 23.4 Å². The monoisotopic (exact) mass is 332 g/mol. The molecule has 1 heterocycles. The van der Waals surface area contributed by atoms with Crippen molar-refractivity contribution in [2.45, 2.75) is 50.4 Å². The Morgan fingerprint density at radius 1 is 1.30 bits per heavy atom. The van der Waals surface area contributed by atoms with Crippen LogP contribution in [0.25, 0.3) is 0 Å². The fraction of sp³-hybridized carbons (Fsp3) is 0.471. The smallest absolute Gasteiger partial charge is 0.237 e. The average Bonchev–Trinajstić information content (AvgIpc) is 2.86. The maximum atomic E-state index is 12.5. The number of nitrogens with zero attached hydrogens (tertiary/aromatic N) is 3. The molecule has 124 valence electrons. The first-order chi connectivity index (χ1) is 10.9. The van der Waals surface area contributed by atoms with Gasteiger partial charge in [-0.1, -0.05) is 43.8 Å². The number of nitrogens with one attached hydrogen (secondary N) is 1. The van der Waals surface area contributed by atoms with E-state index in [1.165, 1.54) is 17.3 Å². The Hall–Kier alpha value is -1.82. The van der Waals surface area contributed by atoms with Gasteiger partial charge in [-0.3, -0.25) is 4.79 Å². The van der Waals surface area contributed by atoms with Crippen molar-refractivity contribution in [2.75, 3.05) is 5.32 Å². The number of anilines is 1. The molecule has 23 heavy (non-hydrogen) atoms. The number of thioether (sulfide) groups is 1. The van der Waals surface area contributed by atoms with Crippen LogP contribution in [0.5, 0.6) is 0 Å². The number of hydrogen-bond donors (Lipinski definition) is 1. The fourth-order valence-corrected chi connectivity index (χ4v) is 3.06. The van der Waals surface area contributed by atoms with Gasteiger partial charge in [-0.05, 0) is 37.8 Å². The predicted octanol–water partition coefficient (Wildman–Crippen LogP) is 3.76. The van der Waals surface area contributed by atoms with Gasteiger partial charge in [0.1, 0.15) is 5.82 Å². The largest absolute Gasteiger partial charge is 0.325 e. The molecule has 0 spiro atoms. The second-order valence-corrected chi connectivity index (χ2v) is 7.04. The summed E-state index contributed by atoms with van der Waals surface area (Å²) in [6, 6.07) is 8.00. The van der Waals surface area contributed by atoms with Crippen molar-refractivity contribution in [1.82, 2.24) is 14.8 Å². The molecule has 0 radical (unpaired) electrons. The van der Waals surface area contributed by atoms with Gasteiger partial charge in [0.15, 0.2) is 5.16 Å². The Morgan fingerprint density at radius 3 is 2.61 bits per heavy atom. The van der Waals surface area contributed by atoms with Crippen molar-refractivity contribution in [3.63, 3.8) is 0 Å². The summed E-state index contributed by atoms with van der Waals surface area (Å²) in [5, 5.41) is 11.7. The lowest BCUT2D eigenvalue weighted by Crippen LogP contribution is -2.23. The molecule has 0 unspecified atom stereocenters. The average molecular weight is 332 g/mol. The van der Waals surface area contributed by atoms with Gasteiger partial charge in [0.25, 0.3) is 0 Å². The molecule has 0 aliphatic heterocycles. The molecular formula is C17H24N4OS. The first-order valence-corrected chi connectivity index (χ1v) is 8.74. The minimum atomic E-state index is -0.248. The normalized spacial score (nSPS) is 13.6. The van der Waals surface area contributed by atoms with Crippen LogP contribution >= 0.6 is 11.8 Å². The van der Waals surface area contributed by atoms with E-state index in [9.17, 15) is 4.79 Å². The summed E-state index contributed by atoms with van der Waals surface area (Å²) in [5.41, 5.74) is 2.07. The van der Waals surface area contributed by atoms with Gasteiger partial charge in [0.2, 0.25) is 5.91 Å². The summed E-state index contributed by atoms with van der Waals surface area (Å²) in [4.78, 5) is 12.5. The Morgan fingerprint density at radius 2 is 2.00 bits per heavy atom. The van der Waals surface area contributed by atoms with E-state index in [0.717, 1.165) is 23.1 Å². The van der Waals surface area contributed by atoms with E-state index in [-0.39, 0.29) is 11.2 Å². The van der Waals surface area contributed by atoms with Crippen molar-refractivity contribution in [1.29, 1.82) is 0 Å². The van der Waals surface area contributed by atoms with Gasteiger partial charge >= 0.3 is 0 Å². The fourth-order valence-electron chi connectivity index (χ4n) is 2.20. The second-order valence-electron chi connectivity index (χ2n) is 5.73. The predicted molar refractivity (Wildman–Crippen MR) is 94.8 cm³/mol. The Bertz CT molecular complexity index is 683. The highest BCUT2D eigenvalue weighted by Crippen LogP contribution is 2.28. The van der Waals surface area contributed by atoms with Crippen LogP contribution in [-0.2, 0) is 11.8 Å². The molecule has 0 bridgehead atoms. The molecule has 1 amide bonds. The van der Waals surface area contributed by atoms with E-state index in [4.69, 9.17) is 0 Å². The van der Waals surface area contributed by atoms with Gasteiger partial charge in [-0.25, -0.2) is 0 Å². The highest BCUT2D eigenvalue weighted by Gasteiger charge is 2.19. The van der Waals surface area contributed by atoms with E-state index in [2.05, 4.69) is 35.4 Å².